The molecule has 1 amide bonds. The van der Waals surface area contributed by atoms with Crippen LogP contribution in [0.5, 0.6) is 5.75 Å². The molecule has 0 saturated heterocycles. The Morgan fingerprint density at radius 1 is 1.18 bits per heavy atom. The van der Waals surface area contributed by atoms with Gasteiger partial charge in [-0.05, 0) is 36.8 Å². The van der Waals surface area contributed by atoms with Gasteiger partial charge in [0.25, 0.3) is 5.91 Å². The van der Waals surface area contributed by atoms with Crippen molar-refractivity contribution in [1.29, 1.82) is 0 Å². The van der Waals surface area contributed by atoms with Crippen LogP contribution in [0.3, 0.4) is 0 Å². The van der Waals surface area contributed by atoms with E-state index < -0.39 is 6.61 Å². The van der Waals surface area contributed by atoms with E-state index >= 15 is 0 Å². The van der Waals surface area contributed by atoms with Crippen molar-refractivity contribution in [2.45, 2.75) is 19.6 Å². The normalized spacial score (nSPS) is 12.0. The summed E-state index contributed by atoms with van der Waals surface area (Å²) < 4.78 is 28.8. The van der Waals surface area contributed by atoms with Crippen LogP contribution < -0.4 is 10.1 Å². The van der Waals surface area contributed by atoms with Crippen molar-refractivity contribution in [3.63, 3.8) is 0 Å². The van der Waals surface area contributed by atoms with Gasteiger partial charge in [0, 0.05) is 0 Å². The summed E-state index contributed by atoms with van der Waals surface area (Å²) in [6.07, 6.45) is 0. The van der Waals surface area contributed by atoms with Crippen LogP contribution >= 0.6 is 11.6 Å². The quantitative estimate of drug-likeness (QED) is 0.883. The number of alkyl halides is 2. The number of hydrogen-bond donors (Lipinski definition) is 1. The van der Waals surface area contributed by atoms with Crippen LogP contribution in [0.15, 0.2) is 48.5 Å². The molecule has 0 aliphatic carbocycles. The van der Waals surface area contributed by atoms with Gasteiger partial charge in [-0.1, -0.05) is 35.9 Å². The van der Waals surface area contributed by atoms with Crippen LogP contribution in [0.25, 0.3) is 0 Å². The van der Waals surface area contributed by atoms with E-state index in [0.717, 1.165) is 0 Å². The van der Waals surface area contributed by atoms with E-state index in [1.165, 1.54) is 12.1 Å². The molecular weight excluding hydrogens is 312 g/mol. The van der Waals surface area contributed by atoms with Crippen LogP contribution in [0, 0.1) is 0 Å². The number of nitrogens with one attached hydrogen (secondary N) is 1. The number of hydrogen-bond acceptors (Lipinski definition) is 2. The molecule has 1 N–H and O–H groups in total. The zero-order valence-electron chi connectivity index (χ0n) is 11.7. The van der Waals surface area contributed by atoms with Gasteiger partial charge >= 0.3 is 6.61 Å². The van der Waals surface area contributed by atoms with E-state index in [-0.39, 0.29) is 17.7 Å². The molecule has 0 bridgehead atoms. The molecule has 0 radical (unpaired) electrons. The highest BCUT2D eigenvalue weighted by Crippen LogP contribution is 2.22. The molecule has 2 aromatic rings. The predicted octanol–water partition coefficient (Wildman–Crippen LogP) is 4.43. The summed E-state index contributed by atoms with van der Waals surface area (Å²) in [6, 6.07) is 12.5. The SMILES string of the molecule is C[C@H](NC(=O)c1ccccc1Cl)c1cccc(OC(F)F)c1. The Hall–Kier alpha value is -2.14. The van der Waals surface area contributed by atoms with Gasteiger partial charge in [-0.25, -0.2) is 0 Å². The molecule has 0 aliphatic heterocycles. The largest absolute Gasteiger partial charge is 0.435 e. The molecular formula is C16H14ClF2NO2. The molecule has 1 atom stereocenters. The zero-order valence-corrected chi connectivity index (χ0v) is 12.5. The van der Waals surface area contributed by atoms with Crippen LogP contribution in [0.1, 0.15) is 28.9 Å². The number of amides is 1. The molecule has 3 nitrogen and oxygen atoms in total. The Balaban J connectivity index is 2.10. The van der Waals surface area contributed by atoms with Gasteiger partial charge in [0.15, 0.2) is 0 Å². The van der Waals surface area contributed by atoms with Gasteiger partial charge in [-0.15, -0.1) is 0 Å². The number of carbonyl (C=O) groups excluding carboxylic acids is 1. The van der Waals surface area contributed by atoms with Gasteiger partial charge in [-0.3, -0.25) is 4.79 Å². The van der Waals surface area contributed by atoms with E-state index in [1.54, 1.807) is 43.3 Å². The Kier molecular flexibility index (Phi) is 5.33. The second kappa shape index (κ2) is 7.22. The molecule has 6 heteroatoms. The van der Waals surface area contributed by atoms with Crippen molar-refractivity contribution in [2.75, 3.05) is 0 Å². The highest BCUT2D eigenvalue weighted by atomic mass is 35.5. The van der Waals surface area contributed by atoms with Crippen LogP contribution in [0.2, 0.25) is 5.02 Å². The molecule has 0 fully saturated rings. The molecule has 2 aromatic carbocycles. The second-order valence-corrected chi connectivity index (χ2v) is 5.03. The molecule has 22 heavy (non-hydrogen) atoms. The van der Waals surface area contributed by atoms with Gasteiger partial charge in [0.05, 0.1) is 16.6 Å². The van der Waals surface area contributed by atoms with Crippen LogP contribution in [0.4, 0.5) is 8.78 Å². The van der Waals surface area contributed by atoms with Gasteiger partial charge < -0.3 is 10.1 Å². The summed E-state index contributed by atoms with van der Waals surface area (Å²) in [5.74, 6) is -0.287. The van der Waals surface area contributed by atoms with Crippen molar-refractivity contribution in [3.8, 4) is 5.75 Å². The molecule has 0 aliphatic rings. The molecule has 0 heterocycles. The molecule has 116 valence electrons. The lowest BCUT2D eigenvalue weighted by Gasteiger charge is -2.16. The van der Waals surface area contributed by atoms with Crippen LogP contribution in [-0.4, -0.2) is 12.5 Å². The third-order valence-electron chi connectivity index (χ3n) is 3.05. The average Bonchev–Trinajstić information content (AvgIpc) is 2.47. The first-order valence-electron chi connectivity index (χ1n) is 6.57. The van der Waals surface area contributed by atoms with Gasteiger partial charge in [0.2, 0.25) is 0 Å². The van der Waals surface area contributed by atoms with Crippen molar-refractivity contribution >= 4 is 17.5 Å². The fourth-order valence-corrected chi connectivity index (χ4v) is 2.18. The first-order chi connectivity index (χ1) is 10.5. The Bertz CT molecular complexity index is 664. The van der Waals surface area contributed by atoms with E-state index in [9.17, 15) is 13.6 Å². The van der Waals surface area contributed by atoms with Crippen molar-refractivity contribution in [1.82, 2.24) is 5.32 Å². The highest BCUT2D eigenvalue weighted by molar-refractivity contribution is 6.33. The number of halogens is 3. The van der Waals surface area contributed by atoms with Crippen molar-refractivity contribution < 1.29 is 18.3 Å². The third kappa shape index (κ3) is 4.18. The van der Waals surface area contributed by atoms with Gasteiger partial charge in [0.1, 0.15) is 5.75 Å². The maximum atomic E-state index is 12.2. The molecule has 2 rings (SSSR count). The van der Waals surface area contributed by atoms with Crippen molar-refractivity contribution in [3.05, 3.63) is 64.7 Å². The van der Waals surface area contributed by atoms with Crippen LogP contribution in [-0.2, 0) is 0 Å². The first kappa shape index (κ1) is 16.2. The summed E-state index contributed by atoms with van der Waals surface area (Å²) in [5.41, 5.74) is 1.01. The minimum atomic E-state index is -2.89. The number of carbonyl (C=O) groups is 1. The smallest absolute Gasteiger partial charge is 0.387 e. The van der Waals surface area contributed by atoms with E-state index in [1.807, 2.05) is 0 Å². The Labute approximate surface area is 131 Å². The summed E-state index contributed by atoms with van der Waals surface area (Å²) in [6.45, 7) is -1.14. The number of benzene rings is 2. The highest BCUT2D eigenvalue weighted by Gasteiger charge is 2.14. The first-order valence-corrected chi connectivity index (χ1v) is 6.95. The summed E-state index contributed by atoms with van der Waals surface area (Å²) in [4.78, 5) is 12.2. The lowest BCUT2D eigenvalue weighted by molar-refractivity contribution is -0.0499. The minimum absolute atomic E-state index is 0.0475. The fourth-order valence-electron chi connectivity index (χ4n) is 1.96. The van der Waals surface area contributed by atoms with E-state index in [0.29, 0.717) is 16.1 Å². The van der Waals surface area contributed by atoms with Crippen molar-refractivity contribution in [2.24, 2.45) is 0 Å². The Morgan fingerprint density at radius 2 is 1.91 bits per heavy atom. The number of rotatable bonds is 5. The molecule has 0 spiro atoms. The maximum absolute atomic E-state index is 12.2. The summed E-state index contributed by atoms with van der Waals surface area (Å²) >= 11 is 5.97. The van der Waals surface area contributed by atoms with Gasteiger partial charge in [-0.2, -0.15) is 8.78 Å². The Morgan fingerprint density at radius 3 is 2.59 bits per heavy atom. The van der Waals surface area contributed by atoms with E-state index in [4.69, 9.17) is 11.6 Å². The second-order valence-electron chi connectivity index (χ2n) is 4.63. The standard InChI is InChI=1S/C16H14ClF2NO2/c1-10(11-5-4-6-12(9-11)22-16(18)19)20-15(21)13-7-2-3-8-14(13)17/h2-10,16H,1H3,(H,20,21)/t10-/m0/s1. The lowest BCUT2D eigenvalue weighted by atomic mass is 10.1. The molecule has 0 saturated carbocycles. The fraction of sp³-hybridized carbons (Fsp3) is 0.188. The summed E-state index contributed by atoms with van der Waals surface area (Å²) in [5, 5.41) is 3.12. The topological polar surface area (TPSA) is 38.3 Å². The molecule has 0 aromatic heterocycles. The minimum Gasteiger partial charge on any atom is -0.435 e. The number of ether oxygens (including phenoxy) is 1. The monoisotopic (exact) mass is 325 g/mol. The predicted molar refractivity (Wildman–Crippen MR) is 80.4 cm³/mol. The summed E-state index contributed by atoms with van der Waals surface area (Å²) in [7, 11) is 0. The van der Waals surface area contributed by atoms with E-state index in [2.05, 4.69) is 10.1 Å². The third-order valence-corrected chi connectivity index (χ3v) is 3.38. The lowest BCUT2D eigenvalue weighted by Crippen LogP contribution is -2.26. The molecule has 0 unspecified atom stereocenters. The zero-order chi connectivity index (χ0) is 16.1. The maximum Gasteiger partial charge on any atom is 0.387 e. The average molecular weight is 326 g/mol.